The van der Waals surface area contributed by atoms with Gasteiger partial charge in [-0.2, -0.15) is 0 Å². The molecule has 1 saturated carbocycles. The lowest BCUT2D eigenvalue weighted by molar-refractivity contribution is -0.0446. The van der Waals surface area contributed by atoms with Crippen LogP contribution < -0.4 is 5.32 Å². The Labute approximate surface area is 140 Å². The number of hydrogen-bond donors (Lipinski definition) is 1. The van der Waals surface area contributed by atoms with Crippen molar-refractivity contribution in [3.05, 3.63) is 0 Å². The van der Waals surface area contributed by atoms with Gasteiger partial charge in [-0.15, -0.1) is 0 Å². The van der Waals surface area contributed by atoms with Gasteiger partial charge in [0.15, 0.2) is 0 Å². The summed E-state index contributed by atoms with van der Waals surface area (Å²) in [5, 5.41) is 3.16. The molecule has 2 atom stereocenters. The second-order valence-electron chi connectivity index (χ2n) is 8.56. The number of fused-ring (bicyclic) bond motifs is 1. The van der Waals surface area contributed by atoms with Crippen LogP contribution in [0.25, 0.3) is 0 Å². The number of ether oxygens (including phenoxy) is 2. The van der Waals surface area contributed by atoms with Gasteiger partial charge in [0.1, 0.15) is 0 Å². The van der Waals surface area contributed by atoms with Crippen LogP contribution in [0.5, 0.6) is 0 Å². The van der Waals surface area contributed by atoms with E-state index in [1.165, 1.54) is 12.8 Å². The summed E-state index contributed by atoms with van der Waals surface area (Å²) in [6.07, 6.45) is 4.43. The predicted octanol–water partition coefficient (Wildman–Crippen LogP) is 2.65. The molecule has 23 heavy (non-hydrogen) atoms. The molecule has 0 bridgehead atoms. The van der Waals surface area contributed by atoms with E-state index in [1.54, 1.807) is 7.11 Å². The van der Waals surface area contributed by atoms with Crippen molar-refractivity contribution in [2.24, 2.45) is 17.3 Å². The molecule has 2 amide bonds. The maximum atomic E-state index is 12.7. The molecule has 0 radical (unpaired) electrons. The van der Waals surface area contributed by atoms with E-state index in [4.69, 9.17) is 9.47 Å². The van der Waals surface area contributed by atoms with E-state index in [0.29, 0.717) is 19.1 Å². The van der Waals surface area contributed by atoms with Gasteiger partial charge in [0.25, 0.3) is 0 Å². The Bertz CT molecular complexity index is 444. The van der Waals surface area contributed by atoms with Gasteiger partial charge < -0.3 is 19.7 Å². The first-order valence-electron chi connectivity index (χ1n) is 9.04. The molecule has 2 saturated heterocycles. The minimum Gasteiger partial charge on any atom is -0.379 e. The molecule has 3 fully saturated rings. The maximum Gasteiger partial charge on any atom is 0.317 e. The highest BCUT2D eigenvalue weighted by molar-refractivity contribution is 5.75. The van der Waals surface area contributed by atoms with E-state index in [9.17, 15) is 4.79 Å². The normalized spacial score (nSPS) is 39.3. The molecule has 5 nitrogen and oxygen atoms in total. The lowest BCUT2D eigenvalue weighted by Crippen LogP contribution is -2.51. The van der Waals surface area contributed by atoms with Crippen LogP contribution in [0.3, 0.4) is 0 Å². The highest BCUT2D eigenvalue weighted by Gasteiger charge is 2.51. The fourth-order valence-electron chi connectivity index (χ4n) is 4.57. The Hall–Kier alpha value is -0.810. The third-order valence-corrected chi connectivity index (χ3v) is 6.47. The first-order valence-corrected chi connectivity index (χ1v) is 9.04. The summed E-state index contributed by atoms with van der Waals surface area (Å²) in [5.41, 5.74) is -0.0410. The van der Waals surface area contributed by atoms with Gasteiger partial charge in [-0.05, 0) is 37.0 Å². The van der Waals surface area contributed by atoms with Gasteiger partial charge in [0.05, 0.1) is 24.9 Å². The average molecular weight is 324 g/mol. The smallest absolute Gasteiger partial charge is 0.317 e. The molecule has 3 rings (SSSR count). The highest BCUT2D eigenvalue weighted by Crippen LogP contribution is 2.43. The number of methoxy groups -OCH3 is 1. The van der Waals surface area contributed by atoms with Crippen molar-refractivity contribution >= 4 is 6.03 Å². The molecular weight excluding hydrogens is 292 g/mol. The quantitative estimate of drug-likeness (QED) is 0.868. The predicted molar refractivity (Wildman–Crippen MR) is 89.4 cm³/mol. The minimum absolute atomic E-state index is 0.0473. The van der Waals surface area contributed by atoms with E-state index in [2.05, 4.69) is 26.1 Å². The number of carbonyl (C=O) groups excluding carboxylic acids is 1. The fourth-order valence-corrected chi connectivity index (χ4v) is 4.57. The second kappa shape index (κ2) is 6.25. The molecular formula is C18H32N2O3. The van der Waals surface area contributed by atoms with Crippen molar-refractivity contribution in [2.75, 3.05) is 33.4 Å². The SMILES string of the molecule is COC1(CNC(=O)N2CC(C)(C)[C@@H]3COC[C@@H]32)CCC(C)CC1. The van der Waals surface area contributed by atoms with E-state index < -0.39 is 0 Å². The molecule has 5 heteroatoms. The number of amides is 2. The minimum atomic E-state index is -0.178. The maximum absolute atomic E-state index is 12.7. The fraction of sp³-hybridized carbons (Fsp3) is 0.944. The highest BCUT2D eigenvalue weighted by atomic mass is 16.5. The Kier molecular flexibility index (Phi) is 4.62. The van der Waals surface area contributed by atoms with Gasteiger partial charge >= 0.3 is 6.03 Å². The molecule has 3 aliphatic rings. The first-order chi connectivity index (χ1) is 10.9. The number of urea groups is 1. The van der Waals surface area contributed by atoms with Gasteiger partial charge in [-0.1, -0.05) is 20.8 Å². The van der Waals surface area contributed by atoms with Crippen molar-refractivity contribution in [1.82, 2.24) is 10.2 Å². The second-order valence-corrected chi connectivity index (χ2v) is 8.56. The van der Waals surface area contributed by atoms with E-state index in [0.717, 1.165) is 31.9 Å². The molecule has 0 aromatic rings. The molecule has 0 aromatic heterocycles. The third kappa shape index (κ3) is 3.22. The third-order valence-electron chi connectivity index (χ3n) is 6.47. The van der Waals surface area contributed by atoms with Gasteiger partial charge in [-0.3, -0.25) is 0 Å². The van der Waals surface area contributed by atoms with Crippen LogP contribution in [0.4, 0.5) is 4.79 Å². The lowest BCUT2D eigenvalue weighted by atomic mass is 9.79. The zero-order valence-corrected chi connectivity index (χ0v) is 15.1. The molecule has 0 spiro atoms. The summed E-state index contributed by atoms with van der Waals surface area (Å²) in [4.78, 5) is 14.7. The largest absolute Gasteiger partial charge is 0.379 e. The van der Waals surface area contributed by atoms with E-state index >= 15 is 0 Å². The van der Waals surface area contributed by atoms with Crippen molar-refractivity contribution < 1.29 is 14.3 Å². The summed E-state index contributed by atoms with van der Waals surface area (Å²) >= 11 is 0. The van der Waals surface area contributed by atoms with Crippen LogP contribution in [0.2, 0.25) is 0 Å². The zero-order valence-electron chi connectivity index (χ0n) is 15.1. The van der Waals surface area contributed by atoms with Crippen LogP contribution >= 0.6 is 0 Å². The van der Waals surface area contributed by atoms with E-state index in [1.807, 2.05) is 4.90 Å². The summed E-state index contributed by atoms with van der Waals surface area (Å²) in [7, 11) is 1.78. The summed E-state index contributed by atoms with van der Waals surface area (Å²) in [6, 6.07) is 0.279. The number of rotatable bonds is 3. The first kappa shape index (κ1) is 17.0. The molecule has 0 unspecified atom stereocenters. The molecule has 1 aliphatic carbocycles. The summed E-state index contributed by atoms with van der Waals surface area (Å²) in [5.74, 6) is 1.23. The molecule has 132 valence electrons. The van der Waals surface area contributed by atoms with Crippen molar-refractivity contribution in [3.63, 3.8) is 0 Å². The van der Waals surface area contributed by atoms with Crippen molar-refractivity contribution in [2.45, 2.75) is 58.1 Å². The Morgan fingerprint density at radius 3 is 2.65 bits per heavy atom. The van der Waals surface area contributed by atoms with E-state index in [-0.39, 0.29) is 23.1 Å². The lowest BCUT2D eigenvalue weighted by Gasteiger charge is -2.39. The van der Waals surface area contributed by atoms with Crippen molar-refractivity contribution in [1.29, 1.82) is 0 Å². The Balaban J connectivity index is 1.59. The number of hydrogen-bond acceptors (Lipinski definition) is 3. The molecule has 0 aromatic carbocycles. The van der Waals surface area contributed by atoms with Crippen LogP contribution in [-0.2, 0) is 9.47 Å². The van der Waals surface area contributed by atoms with Crippen LogP contribution in [-0.4, -0.2) is 56.0 Å². The standard InChI is InChI=1S/C18H32N2O3/c1-13-5-7-18(22-4,8-6-13)11-19-16(21)20-12-17(2,3)14-9-23-10-15(14)20/h13-15H,5-12H2,1-4H3,(H,19,21)/t13?,14-,15+,18?/m1/s1. The van der Waals surface area contributed by atoms with Crippen LogP contribution in [0, 0.1) is 17.3 Å². The van der Waals surface area contributed by atoms with Crippen LogP contribution in [0.1, 0.15) is 46.5 Å². The average Bonchev–Trinajstić information content (AvgIpc) is 3.10. The molecule has 1 N–H and O–H groups in total. The Morgan fingerprint density at radius 2 is 2.00 bits per heavy atom. The van der Waals surface area contributed by atoms with Crippen molar-refractivity contribution in [3.8, 4) is 0 Å². The van der Waals surface area contributed by atoms with Gasteiger partial charge in [0.2, 0.25) is 0 Å². The summed E-state index contributed by atoms with van der Waals surface area (Å²) in [6.45, 7) is 9.66. The van der Waals surface area contributed by atoms with Crippen LogP contribution in [0.15, 0.2) is 0 Å². The Morgan fingerprint density at radius 1 is 1.30 bits per heavy atom. The number of likely N-dealkylation sites (tertiary alicyclic amines) is 1. The summed E-state index contributed by atoms with van der Waals surface area (Å²) < 4.78 is 11.4. The number of nitrogens with one attached hydrogen (secondary N) is 1. The monoisotopic (exact) mass is 324 g/mol. The van der Waals surface area contributed by atoms with Gasteiger partial charge in [-0.25, -0.2) is 4.79 Å². The topological polar surface area (TPSA) is 50.8 Å². The zero-order chi connectivity index (χ0) is 16.7. The molecule has 2 aliphatic heterocycles. The van der Waals surface area contributed by atoms with Gasteiger partial charge in [0, 0.05) is 26.1 Å². The number of nitrogens with zero attached hydrogens (tertiary/aromatic N) is 1. The molecule has 2 heterocycles. The number of carbonyl (C=O) groups is 1.